The Morgan fingerprint density at radius 3 is 2.89 bits per heavy atom. The number of carbonyl (C=O) groups excluding carboxylic acids is 2. The Labute approximate surface area is 163 Å². The maximum absolute atomic E-state index is 13.0. The average molecular weight is 373 g/mol. The molecule has 28 heavy (non-hydrogen) atoms. The first-order valence-electron chi connectivity index (χ1n) is 9.22. The number of nitrogens with one attached hydrogen (secondary N) is 1. The predicted molar refractivity (Wildman–Crippen MR) is 108 cm³/mol. The highest BCUT2D eigenvalue weighted by molar-refractivity contribution is 6.68. The Bertz CT molecular complexity index is 1040. The number of fused-ring (bicyclic) bond motifs is 1. The summed E-state index contributed by atoms with van der Waals surface area (Å²) in [6, 6.07) is 15.4. The van der Waals surface area contributed by atoms with Gasteiger partial charge in [0.1, 0.15) is 5.78 Å². The standard InChI is InChI=1S/C21H20BN3O3/c23-11-19(16-2-1-3-18(10-16)22-25-13-21(27)28-22)20(26)9-14-4-5-17-12-24-7-6-15(17)8-14/h1-8,10,12,19,25H,9,11,13,23H2. The molecule has 0 radical (unpaired) electrons. The van der Waals surface area contributed by atoms with Crippen LogP contribution in [0.4, 0.5) is 0 Å². The Morgan fingerprint density at radius 2 is 2.11 bits per heavy atom. The molecule has 7 heteroatoms. The van der Waals surface area contributed by atoms with E-state index in [9.17, 15) is 9.59 Å². The molecule has 0 spiro atoms. The van der Waals surface area contributed by atoms with Crippen LogP contribution in [0.25, 0.3) is 10.8 Å². The summed E-state index contributed by atoms with van der Waals surface area (Å²) in [5.41, 5.74) is 8.54. The third-order valence-corrected chi connectivity index (χ3v) is 5.00. The van der Waals surface area contributed by atoms with Gasteiger partial charge in [0.2, 0.25) is 0 Å². The Hall–Kier alpha value is -3.03. The van der Waals surface area contributed by atoms with E-state index in [-0.39, 0.29) is 24.8 Å². The molecule has 2 aromatic carbocycles. The van der Waals surface area contributed by atoms with Crippen molar-refractivity contribution >= 4 is 35.0 Å². The molecular formula is C21H20BN3O3. The van der Waals surface area contributed by atoms with E-state index >= 15 is 0 Å². The third-order valence-electron chi connectivity index (χ3n) is 5.00. The largest absolute Gasteiger partial charge is 0.515 e. The molecule has 1 saturated heterocycles. The third kappa shape index (κ3) is 3.81. The number of aromatic nitrogens is 1. The minimum Gasteiger partial charge on any atom is -0.515 e. The van der Waals surface area contributed by atoms with Crippen molar-refractivity contribution < 1.29 is 14.2 Å². The number of ketones is 1. The molecule has 3 N–H and O–H groups in total. The number of benzene rings is 2. The number of rotatable bonds is 6. The van der Waals surface area contributed by atoms with E-state index in [1.807, 2.05) is 48.5 Å². The molecule has 0 bridgehead atoms. The van der Waals surface area contributed by atoms with Gasteiger partial charge >= 0.3 is 13.0 Å². The SMILES string of the molecule is NCC(C(=O)Cc1ccc2cnccc2c1)c1cccc(B2NCC(=O)O2)c1. The normalized spacial score (nSPS) is 14.9. The second-order valence-electron chi connectivity index (χ2n) is 6.91. The summed E-state index contributed by atoms with van der Waals surface area (Å²) in [4.78, 5) is 28.4. The number of nitrogens with zero attached hydrogens (tertiary/aromatic N) is 1. The zero-order valence-electron chi connectivity index (χ0n) is 15.3. The minimum atomic E-state index is -0.477. The number of hydrogen-bond donors (Lipinski definition) is 2. The number of carbonyl (C=O) groups is 2. The quantitative estimate of drug-likeness (QED) is 0.625. The van der Waals surface area contributed by atoms with Gasteiger partial charge in [-0.2, -0.15) is 0 Å². The number of Topliss-reactive ketones (excluding diaryl/α,β-unsaturated/α-hetero) is 1. The highest BCUT2D eigenvalue weighted by Gasteiger charge is 2.31. The van der Waals surface area contributed by atoms with Crippen LogP contribution in [-0.2, 0) is 20.7 Å². The summed E-state index contributed by atoms with van der Waals surface area (Å²) in [6.45, 7) is 0.406. The van der Waals surface area contributed by atoms with Crippen LogP contribution in [0.3, 0.4) is 0 Å². The van der Waals surface area contributed by atoms with Gasteiger partial charge in [0.15, 0.2) is 0 Å². The van der Waals surface area contributed by atoms with Gasteiger partial charge in [-0.1, -0.05) is 42.5 Å². The zero-order chi connectivity index (χ0) is 19.5. The molecule has 1 unspecified atom stereocenters. The Kier molecular flexibility index (Phi) is 5.19. The molecule has 0 amide bonds. The fourth-order valence-electron chi connectivity index (χ4n) is 3.54. The van der Waals surface area contributed by atoms with Crippen molar-refractivity contribution in [3.05, 3.63) is 72.1 Å². The fourth-order valence-corrected chi connectivity index (χ4v) is 3.54. The van der Waals surface area contributed by atoms with Gasteiger partial charge in [0.05, 0.1) is 12.5 Å². The van der Waals surface area contributed by atoms with Crippen LogP contribution in [0.15, 0.2) is 60.9 Å². The molecule has 1 atom stereocenters. The molecule has 6 nitrogen and oxygen atoms in total. The molecule has 0 saturated carbocycles. The smallest absolute Gasteiger partial charge is 0.485 e. The summed E-state index contributed by atoms with van der Waals surface area (Å²) < 4.78 is 5.24. The topological polar surface area (TPSA) is 94.3 Å². The molecule has 1 aromatic heterocycles. The van der Waals surface area contributed by atoms with E-state index in [4.69, 9.17) is 10.4 Å². The molecule has 1 aliphatic rings. The summed E-state index contributed by atoms with van der Waals surface area (Å²) >= 11 is 0. The summed E-state index contributed by atoms with van der Waals surface area (Å²) in [5, 5.41) is 5.10. The molecule has 3 aromatic rings. The molecule has 1 aliphatic heterocycles. The maximum Gasteiger partial charge on any atom is 0.485 e. The Morgan fingerprint density at radius 1 is 1.21 bits per heavy atom. The van der Waals surface area contributed by atoms with Gasteiger partial charge in [-0.25, -0.2) is 0 Å². The van der Waals surface area contributed by atoms with Crippen molar-refractivity contribution in [1.29, 1.82) is 0 Å². The summed E-state index contributed by atoms with van der Waals surface area (Å²) in [5.74, 6) is -0.636. The average Bonchev–Trinajstić information content (AvgIpc) is 3.15. The second-order valence-corrected chi connectivity index (χ2v) is 6.91. The fraction of sp³-hybridized carbons (Fsp3) is 0.190. The van der Waals surface area contributed by atoms with E-state index in [1.165, 1.54) is 0 Å². The first kappa shape index (κ1) is 18.3. The van der Waals surface area contributed by atoms with Gasteiger partial charge in [0.25, 0.3) is 0 Å². The monoisotopic (exact) mass is 373 g/mol. The molecule has 0 aliphatic carbocycles. The van der Waals surface area contributed by atoms with Crippen LogP contribution in [0.5, 0.6) is 0 Å². The van der Waals surface area contributed by atoms with Crippen molar-refractivity contribution in [2.24, 2.45) is 5.73 Å². The van der Waals surface area contributed by atoms with Crippen molar-refractivity contribution in [3.8, 4) is 0 Å². The highest BCUT2D eigenvalue weighted by atomic mass is 16.5. The summed E-state index contributed by atoms with van der Waals surface area (Å²) in [6.07, 6.45) is 3.85. The van der Waals surface area contributed by atoms with Gasteiger partial charge in [-0.3, -0.25) is 14.6 Å². The number of nitrogens with two attached hydrogens (primary N) is 1. The first-order valence-corrected chi connectivity index (χ1v) is 9.22. The highest BCUT2D eigenvalue weighted by Crippen LogP contribution is 2.20. The molecule has 140 valence electrons. The van der Waals surface area contributed by atoms with Crippen LogP contribution < -0.4 is 16.4 Å². The van der Waals surface area contributed by atoms with E-state index in [0.717, 1.165) is 27.4 Å². The maximum atomic E-state index is 13.0. The van der Waals surface area contributed by atoms with Gasteiger partial charge < -0.3 is 15.6 Å². The van der Waals surface area contributed by atoms with Gasteiger partial charge in [-0.05, 0) is 28.0 Å². The van der Waals surface area contributed by atoms with Crippen LogP contribution in [0, 0.1) is 0 Å². The van der Waals surface area contributed by atoms with E-state index in [2.05, 4.69) is 10.2 Å². The summed E-state index contributed by atoms with van der Waals surface area (Å²) in [7, 11) is -0.477. The lowest BCUT2D eigenvalue weighted by molar-refractivity contribution is -0.131. The minimum absolute atomic E-state index is 0.0597. The predicted octanol–water partition coefficient (Wildman–Crippen LogP) is 0.930. The molecule has 4 rings (SSSR count). The number of pyridine rings is 1. The van der Waals surface area contributed by atoms with E-state index in [0.29, 0.717) is 6.42 Å². The van der Waals surface area contributed by atoms with Gasteiger partial charge in [0, 0.05) is 30.7 Å². The zero-order valence-corrected chi connectivity index (χ0v) is 15.3. The molecule has 1 fully saturated rings. The second kappa shape index (κ2) is 7.92. The molecular weight excluding hydrogens is 353 g/mol. The first-order chi connectivity index (χ1) is 13.6. The number of hydrogen-bond acceptors (Lipinski definition) is 6. The van der Waals surface area contributed by atoms with Crippen molar-refractivity contribution in [2.75, 3.05) is 13.1 Å². The lowest BCUT2D eigenvalue weighted by Gasteiger charge is -2.16. The van der Waals surface area contributed by atoms with Crippen LogP contribution in [0.2, 0.25) is 0 Å². The lowest BCUT2D eigenvalue weighted by atomic mass is 9.73. The van der Waals surface area contributed by atoms with Crippen molar-refractivity contribution in [2.45, 2.75) is 12.3 Å². The van der Waals surface area contributed by atoms with Gasteiger partial charge in [-0.15, -0.1) is 0 Å². The van der Waals surface area contributed by atoms with Crippen LogP contribution >= 0.6 is 0 Å². The van der Waals surface area contributed by atoms with Crippen molar-refractivity contribution in [1.82, 2.24) is 10.2 Å². The van der Waals surface area contributed by atoms with Crippen molar-refractivity contribution in [3.63, 3.8) is 0 Å². The van der Waals surface area contributed by atoms with E-state index in [1.54, 1.807) is 12.4 Å². The molecule has 2 heterocycles. The Balaban J connectivity index is 1.54. The van der Waals surface area contributed by atoms with E-state index < -0.39 is 13.0 Å². The van der Waals surface area contributed by atoms with Crippen LogP contribution in [0.1, 0.15) is 17.0 Å². The lowest BCUT2D eigenvalue weighted by Crippen LogP contribution is -2.41. The van der Waals surface area contributed by atoms with Crippen LogP contribution in [-0.4, -0.2) is 36.9 Å².